The van der Waals surface area contributed by atoms with Crippen LogP contribution in [0.15, 0.2) is 12.3 Å². The smallest absolute Gasteiger partial charge is 0.367 e. The minimum absolute atomic E-state index is 0.126. The summed E-state index contributed by atoms with van der Waals surface area (Å²) >= 11 is 5.71. The molecule has 0 fully saturated rings. The van der Waals surface area contributed by atoms with E-state index in [0.29, 0.717) is 6.20 Å². The van der Waals surface area contributed by atoms with E-state index < -0.39 is 11.7 Å². The van der Waals surface area contributed by atoms with E-state index in [0.717, 1.165) is 6.07 Å². The Balaban J connectivity index is 2.51. The molecule has 0 aliphatic carbocycles. The lowest BCUT2D eigenvalue weighted by Crippen LogP contribution is -2.37. The zero-order valence-electron chi connectivity index (χ0n) is 10.9. The van der Waals surface area contributed by atoms with Crippen LogP contribution in [0.25, 0.3) is 0 Å². The van der Waals surface area contributed by atoms with E-state index >= 15 is 0 Å². The first-order valence-corrected chi connectivity index (χ1v) is 6.01. The maximum Gasteiger partial charge on any atom is 0.417 e. The lowest BCUT2D eigenvalue weighted by molar-refractivity contribution is -0.137. The number of halogens is 4. The number of anilines is 1. The minimum Gasteiger partial charge on any atom is -0.367 e. The topological polar surface area (TPSA) is 57.3 Å². The number of rotatable bonds is 4. The summed E-state index contributed by atoms with van der Waals surface area (Å²) in [4.78, 5) is 16.2. The fourth-order valence-electron chi connectivity index (χ4n) is 1.23. The predicted molar refractivity (Wildman–Crippen MR) is 69.8 cm³/mol. The normalized spacial score (nSPS) is 11.1. The van der Waals surface area contributed by atoms with Crippen molar-refractivity contribution in [3.05, 3.63) is 22.8 Å². The van der Waals surface area contributed by atoms with Gasteiger partial charge in [0, 0.05) is 33.4 Å². The van der Waals surface area contributed by atoms with Gasteiger partial charge >= 0.3 is 12.2 Å². The Hall–Kier alpha value is -1.70. The van der Waals surface area contributed by atoms with Crippen molar-refractivity contribution in [2.24, 2.45) is 0 Å². The molecule has 0 bridgehead atoms. The second-order valence-corrected chi connectivity index (χ2v) is 4.51. The number of nitrogens with zero attached hydrogens (tertiary/aromatic N) is 2. The Morgan fingerprint density at radius 1 is 1.40 bits per heavy atom. The highest BCUT2D eigenvalue weighted by molar-refractivity contribution is 6.32. The van der Waals surface area contributed by atoms with Crippen LogP contribution in [-0.4, -0.2) is 43.1 Å². The van der Waals surface area contributed by atoms with Crippen LogP contribution in [0.2, 0.25) is 5.02 Å². The number of aromatic nitrogens is 1. The summed E-state index contributed by atoms with van der Waals surface area (Å²) in [5.74, 6) is 0.138. The lowest BCUT2D eigenvalue weighted by atomic mass is 10.3. The number of carbonyl (C=O) groups excluding carboxylic acids is 1. The first kappa shape index (κ1) is 16.4. The average molecular weight is 311 g/mol. The summed E-state index contributed by atoms with van der Waals surface area (Å²) in [6.07, 6.45) is -3.78. The van der Waals surface area contributed by atoms with Crippen molar-refractivity contribution in [2.45, 2.75) is 6.18 Å². The van der Waals surface area contributed by atoms with Gasteiger partial charge in [-0.1, -0.05) is 11.6 Å². The maximum atomic E-state index is 12.4. The third kappa shape index (κ3) is 4.76. The van der Waals surface area contributed by atoms with E-state index in [-0.39, 0.29) is 30.0 Å². The van der Waals surface area contributed by atoms with Crippen LogP contribution >= 0.6 is 11.6 Å². The molecular formula is C11H14ClF3N4O. The molecule has 112 valence electrons. The first-order chi connectivity index (χ1) is 9.21. The molecule has 0 spiro atoms. The summed E-state index contributed by atoms with van der Waals surface area (Å²) in [6.45, 7) is 0.577. The van der Waals surface area contributed by atoms with Crippen LogP contribution in [0.3, 0.4) is 0 Å². The Kier molecular flexibility index (Phi) is 5.43. The van der Waals surface area contributed by atoms with Crippen molar-refractivity contribution in [3.63, 3.8) is 0 Å². The van der Waals surface area contributed by atoms with E-state index in [4.69, 9.17) is 11.6 Å². The first-order valence-electron chi connectivity index (χ1n) is 5.63. The molecule has 0 unspecified atom stereocenters. The summed E-state index contributed by atoms with van der Waals surface area (Å²) < 4.78 is 37.2. The molecule has 0 aliphatic rings. The van der Waals surface area contributed by atoms with Gasteiger partial charge in [-0.25, -0.2) is 9.78 Å². The largest absolute Gasteiger partial charge is 0.417 e. The maximum absolute atomic E-state index is 12.4. The molecule has 0 saturated carbocycles. The van der Waals surface area contributed by atoms with Crippen LogP contribution < -0.4 is 10.6 Å². The number of amides is 2. The Morgan fingerprint density at radius 2 is 2.05 bits per heavy atom. The summed E-state index contributed by atoms with van der Waals surface area (Å²) in [6, 6.07) is 0.535. The van der Waals surface area contributed by atoms with Crippen LogP contribution in [-0.2, 0) is 6.18 Å². The summed E-state index contributed by atoms with van der Waals surface area (Å²) in [7, 11) is 3.19. The van der Waals surface area contributed by atoms with Crippen LogP contribution in [0, 0.1) is 0 Å². The van der Waals surface area contributed by atoms with Crippen molar-refractivity contribution >= 4 is 23.4 Å². The van der Waals surface area contributed by atoms with Gasteiger partial charge in [-0.05, 0) is 6.07 Å². The molecule has 5 nitrogen and oxygen atoms in total. The standard InChI is InChI=1S/C11H14ClF3N4O/c1-19(2)10(20)17-4-3-16-9-8(12)5-7(6-18-9)11(13,14)15/h5-6H,3-4H2,1-2H3,(H,16,18)(H,17,20). The fourth-order valence-corrected chi connectivity index (χ4v) is 1.46. The highest BCUT2D eigenvalue weighted by Gasteiger charge is 2.31. The van der Waals surface area contributed by atoms with Crippen molar-refractivity contribution in [2.75, 3.05) is 32.5 Å². The van der Waals surface area contributed by atoms with Gasteiger partial charge < -0.3 is 15.5 Å². The van der Waals surface area contributed by atoms with Gasteiger partial charge in [-0.3, -0.25) is 0 Å². The molecule has 1 rings (SSSR count). The molecule has 1 heterocycles. The van der Waals surface area contributed by atoms with Crippen molar-refractivity contribution < 1.29 is 18.0 Å². The number of hydrogen-bond acceptors (Lipinski definition) is 3. The highest BCUT2D eigenvalue weighted by Crippen LogP contribution is 2.32. The van der Waals surface area contributed by atoms with Crippen molar-refractivity contribution in [1.82, 2.24) is 15.2 Å². The van der Waals surface area contributed by atoms with Gasteiger partial charge in [0.1, 0.15) is 5.82 Å². The average Bonchev–Trinajstić information content (AvgIpc) is 2.34. The van der Waals surface area contributed by atoms with Crippen molar-refractivity contribution in [3.8, 4) is 0 Å². The number of pyridine rings is 1. The van der Waals surface area contributed by atoms with Gasteiger partial charge in [0.15, 0.2) is 0 Å². The summed E-state index contributed by atoms with van der Waals surface area (Å²) in [5, 5.41) is 5.20. The van der Waals surface area contributed by atoms with E-state index in [1.807, 2.05) is 0 Å². The van der Waals surface area contributed by atoms with Gasteiger partial charge in [0.05, 0.1) is 10.6 Å². The monoisotopic (exact) mass is 310 g/mol. The Bertz CT molecular complexity index is 479. The van der Waals surface area contributed by atoms with E-state index in [1.54, 1.807) is 14.1 Å². The predicted octanol–water partition coefficient (Wildman–Crippen LogP) is 2.44. The quantitative estimate of drug-likeness (QED) is 0.840. The third-order valence-electron chi connectivity index (χ3n) is 2.27. The van der Waals surface area contributed by atoms with E-state index in [1.165, 1.54) is 4.90 Å². The number of alkyl halides is 3. The van der Waals surface area contributed by atoms with E-state index in [2.05, 4.69) is 15.6 Å². The lowest BCUT2D eigenvalue weighted by Gasteiger charge is -2.13. The van der Waals surface area contributed by atoms with Crippen LogP contribution in [0.4, 0.5) is 23.8 Å². The molecular weight excluding hydrogens is 297 g/mol. The molecule has 20 heavy (non-hydrogen) atoms. The minimum atomic E-state index is -4.48. The molecule has 0 aromatic carbocycles. The molecule has 9 heteroatoms. The molecule has 2 amide bonds. The van der Waals surface area contributed by atoms with Gasteiger partial charge in [0.2, 0.25) is 0 Å². The number of carbonyl (C=O) groups is 1. The third-order valence-corrected chi connectivity index (χ3v) is 2.56. The van der Waals surface area contributed by atoms with Crippen LogP contribution in [0.1, 0.15) is 5.56 Å². The molecule has 1 aromatic heterocycles. The number of urea groups is 1. The second kappa shape index (κ2) is 6.65. The highest BCUT2D eigenvalue weighted by atomic mass is 35.5. The fraction of sp³-hybridized carbons (Fsp3) is 0.455. The molecule has 0 saturated heterocycles. The van der Waals surface area contributed by atoms with Crippen molar-refractivity contribution in [1.29, 1.82) is 0 Å². The molecule has 0 atom stereocenters. The SMILES string of the molecule is CN(C)C(=O)NCCNc1ncc(C(F)(F)F)cc1Cl. The molecule has 2 N–H and O–H groups in total. The number of hydrogen-bond donors (Lipinski definition) is 2. The van der Waals surface area contributed by atoms with Gasteiger partial charge in [-0.2, -0.15) is 13.2 Å². The molecule has 0 aliphatic heterocycles. The Morgan fingerprint density at radius 3 is 2.55 bits per heavy atom. The van der Waals surface area contributed by atoms with Crippen LogP contribution in [0.5, 0.6) is 0 Å². The molecule has 0 radical (unpaired) electrons. The number of nitrogens with one attached hydrogen (secondary N) is 2. The second-order valence-electron chi connectivity index (χ2n) is 4.11. The summed E-state index contributed by atoms with van der Waals surface area (Å²) in [5.41, 5.74) is -0.908. The zero-order chi connectivity index (χ0) is 15.3. The zero-order valence-corrected chi connectivity index (χ0v) is 11.6. The van der Waals surface area contributed by atoms with Gasteiger partial charge in [-0.15, -0.1) is 0 Å². The molecule has 1 aromatic rings. The Labute approximate surface area is 119 Å². The van der Waals surface area contributed by atoms with E-state index in [9.17, 15) is 18.0 Å². The van der Waals surface area contributed by atoms with Gasteiger partial charge in [0.25, 0.3) is 0 Å².